The predicted octanol–water partition coefficient (Wildman–Crippen LogP) is 5.90. The third-order valence-electron chi connectivity index (χ3n) is 3.98. The summed E-state index contributed by atoms with van der Waals surface area (Å²) in [4.78, 5) is 10.9. The molecule has 0 unspecified atom stereocenters. The lowest BCUT2D eigenvalue weighted by molar-refractivity contribution is -0.132. The molecule has 0 bridgehead atoms. The van der Waals surface area contributed by atoms with Crippen LogP contribution in [0.5, 0.6) is 5.75 Å². The maximum absolute atomic E-state index is 10.9. The summed E-state index contributed by atoms with van der Waals surface area (Å²) in [5.74, 6) is -0.500. The van der Waals surface area contributed by atoms with Crippen LogP contribution in [0.4, 0.5) is 0 Å². The lowest BCUT2D eigenvalue weighted by Crippen LogP contribution is -1.97. The molecular formula is C20H20Cl2O3. The minimum absolute atomic E-state index is 0.206. The van der Waals surface area contributed by atoms with E-state index in [1.54, 1.807) is 18.2 Å². The Labute approximate surface area is 157 Å². The first-order valence-corrected chi connectivity index (χ1v) is 8.66. The molecule has 0 aromatic heterocycles. The summed E-state index contributed by atoms with van der Waals surface area (Å²) in [7, 11) is 0. The number of carboxylic acid groups (broad SMARTS) is 1. The molecule has 5 heteroatoms. The van der Waals surface area contributed by atoms with Gasteiger partial charge in [0.05, 0.1) is 0 Å². The second-order valence-electron chi connectivity index (χ2n) is 6.32. The number of carboxylic acids is 1. The Kier molecular flexibility index (Phi) is 6.15. The molecule has 0 saturated carbocycles. The van der Waals surface area contributed by atoms with E-state index < -0.39 is 5.97 Å². The number of benzene rings is 2. The number of hydrogen-bond acceptors (Lipinski definition) is 2. The van der Waals surface area contributed by atoms with E-state index in [0.29, 0.717) is 22.0 Å². The smallest absolute Gasteiger partial charge is 0.331 e. The molecule has 0 saturated heterocycles. The quantitative estimate of drug-likeness (QED) is 0.636. The second kappa shape index (κ2) is 7.94. The van der Waals surface area contributed by atoms with Crippen molar-refractivity contribution in [1.82, 2.24) is 0 Å². The zero-order valence-corrected chi connectivity index (χ0v) is 15.8. The van der Waals surface area contributed by atoms with E-state index in [2.05, 4.69) is 0 Å². The highest BCUT2D eigenvalue weighted by molar-refractivity contribution is 6.36. The van der Waals surface area contributed by atoms with Gasteiger partial charge in [0.2, 0.25) is 0 Å². The van der Waals surface area contributed by atoms with Gasteiger partial charge < -0.3 is 10.2 Å². The highest BCUT2D eigenvalue weighted by atomic mass is 35.5. The molecule has 0 amide bonds. The maximum Gasteiger partial charge on any atom is 0.331 e. The van der Waals surface area contributed by atoms with E-state index in [1.807, 2.05) is 26.0 Å². The SMILES string of the molecule is C/C(=C\c1cc(Cl)c(Cc2ccc(O)c(C(C)C)c2)c(Cl)c1)C(=O)O. The number of hydrogen-bond donors (Lipinski definition) is 2. The van der Waals surface area contributed by atoms with E-state index in [9.17, 15) is 9.90 Å². The number of halogens is 2. The summed E-state index contributed by atoms with van der Waals surface area (Å²) in [5, 5.41) is 19.9. The van der Waals surface area contributed by atoms with Crippen LogP contribution in [0.15, 0.2) is 35.9 Å². The van der Waals surface area contributed by atoms with Gasteiger partial charge in [-0.25, -0.2) is 4.79 Å². The Morgan fingerprint density at radius 2 is 1.76 bits per heavy atom. The van der Waals surface area contributed by atoms with Crippen molar-refractivity contribution in [2.24, 2.45) is 0 Å². The lowest BCUT2D eigenvalue weighted by Gasteiger charge is -2.13. The second-order valence-corrected chi connectivity index (χ2v) is 7.13. The van der Waals surface area contributed by atoms with E-state index in [1.165, 1.54) is 13.0 Å². The standard InChI is InChI=1S/C20H20Cl2O3/c1-11(2)15-7-13(4-5-19(15)23)8-16-17(21)9-14(10-18(16)22)6-12(3)20(24)25/h4-7,9-11,23H,8H2,1-3H3,(H,24,25)/b12-6+. The van der Waals surface area contributed by atoms with Crippen LogP contribution in [0.1, 0.15) is 48.9 Å². The lowest BCUT2D eigenvalue weighted by atomic mass is 9.96. The predicted molar refractivity (Wildman–Crippen MR) is 103 cm³/mol. The summed E-state index contributed by atoms with van der Waals surface area (Å²) < 4.78 is 0. The molecule has 0 heterocycles. The fourth-order valence-corrected chi connectivity index (χ4v) is 3.20. The summed E-state index contributed by atoms with van der Waals surface area (Å²) >= 11 is 12.7. The molecule has 0 aliphatic carbocycles. The van der Waals surface area contributed by atoms with Gasteiger partial charge in [0.15, 0.2) is 0 Å². The van der Waals surface area contributed by atoms with Crippen LogP contribution in [0, 0.1) is 0 Å². The fourth-order valence-electron chi connectivity index (χ4n) is 2.57. The Bertz CT molecular complexity index is 816. The average molecular weight is 379 g/mol. The van der Waals surface area contributed by atoms with Crippen LogP contribution in [-0.2, 0) is 11.2 Å². The van der Waals surface area contributed by atoms with E-state index in [4.69, 9.17) is 28.3 Å². The Balaban J connectivity index is 2.37. The molecule has 2 aromatic rings. The molecule has 25 heavy (non-hydrogen) atoms. The maximum atomic E-state index is 10.9. The zero-order chi connectivity index (χ0) is 18.7. The molecule has 3 nitrogen and oxygen atoms in total. The van der Waals surface area contributed by atoms with Crippen molar-refractivity contribution >= 4 is 35.2 Å². The molecule has 0 spiro atoms. The van der Waals surface area contributed by atoms with Gasteiger partial charge in [0, 0.05) is 22.0 Å². The Morgan fingerprint density at radius 3 is 2.28 bits per heavy atom. The van der Waals surface area contributed by atoms with Crippen molar-refractivity contribution in [2.45, 2.75) is 33.1 Å². The molecular weight excluding hydrogens is 359 g/mol. The zero-order valence-electron chi connectivity index (χ0n) is 14.3. The first-order chi connectivity index (χ1) is 11.7. The first-order valence-electron chi connectivity index (χ1n) is 7.90. The molecule has 2 aromatic carbocycles. The molecule has 2 N–H and O–H groups in total. The largest absolute Gasteiger partial charge is 0.508 e. The monoisotopic (exact) mass is 378 g/mol. The van der Waals surface area contributed by atoms with Crippen LogP contribution in [0.25, 0.3) is 6.08 Å². The van der Waals surface area contributed by atoms with Crippen molar-refractivity contribution in [2.75, 3.05) is 0 Å². The molecule has 132 valence electrons. The summed E-state index contributed by atoms with van der Waals surface area (Å²) in [6.07, 6.45) is 2.06. The summed E-state index contributed by atoms with van der Waals surface area (Å²) in [6, 6.07) is 8.89. The molecule has 0 aliphatic rings. The van der Waals surface area contributed by atoms with Crippen molar-refractivity contribution < 1.29 is 15.0 Å². The third kappa shape index (κ3) is 4.77. The summed E-state index contributed by atoms with van der Waals surface area (Å²) in [6.45, 7) is 5.55. The topological polar surface area (TPSA) is 57.5 Å². The van der Waals surface area contributed by atoms with Gasteiger partial charge in [-0.2, -0.15) is 0 Å². The Hall–Kier alpha value is -1.97. The minimum atomic E-state index is -0.985. The average Bonchev–Trinajstić information content (AvgIpc) is 2.52. The van der Waals surface area contributed by atoms with Crippen molar-refractivity contribution in [3.8, 4) is 5.75 Å². The first kappa shape index (κ1) is 19.4. The molecule has 0 atom stereocenters. The van der Waals surface area contributed by atoms with Crippen LogP contribution in [0.2, 0.25) is 10.0 Å². The van der Waals surface area contributed by atoms with Crippen LogP contribution < -0.4 is 0 Å². The highest BCUT2D eigenvalue weighted by Crippen LogP contribution is 2.32. The van der Waals surface area contributed by atoms with Crippen molar-refractivity contribution in [3.63, 3.8) is 0 Å². The number of rotatable bonds is 5. The fraction of sp³-hybridized carbons (Fsp3) is 0.250. The number of aliphatic carboxylic acids is 1. The Morgan fingerprint density at radius 1 is 1.16 bits per heavy atom. The molecule has 2 rings (SSSR count). The number of phenolic OH excluding ortho intramolecular Hbond substituents is 1. The summed E-state index contributed by atoms with van der Waals surface area (Å²) in [5.41, 5.74) is 3.50. The van der Waals surface area contributed by atoms with Gasteiger partial charge in [-0.15, -0.1) is 0 Å². The number of carbonyl (C=O) groups is 1. The van der Waals surface area contributed by atoms with Gasteiger partial charge in [-0.3, -0.25) is 0 Å². The van der Waals surface area contributed by atoms with E-state index >= 15 is 0 Å². The highest BCUT2D eigenvalue weighted by Gasteiger charge is 2.12. The van der Waals surface area contributed by atoms with Crippen LogP contribution in [0.3, 0.4) is 0 Å². The van der Waals surface area contributed by atoms with Crippen LogP contribution >= 0.6 is 23.2 Å². The van der Waals surface area contributed by atoms with E-state index in [0.717, 1.165) is 16.7 Å². The minimum Gasteiger partial charge on any atom is -0.508 e. The third-order valence-corrected chi connectivity index (χ3v) is 4.65. The van der Waals surface area contributed by atoms with Crippen molar-refractivity contribution in [1.29, 1.82) is 0 Å². The van der Waals surface area contributed by atoms with Gasteiger partial charge >= 0.3 is 5.97 Å². The molecule has 0 aliphatic heterocycles. The van der Waals surface area contributed by atoms with Gasteiger partial charge in [-0.05, 0) is 59.4 Å². The van der Waals surface area contributed by atoms with Crippen molar-refractivity contribution in [3.05, 3.63) is 68.2 Å². The van der Waals surface area contributed by atoms with E-state index in [-0.39, 0.29) is 17.2 Å². The van der Waals surface area contributed by atoms with Gasteiger partial charge in [0.1, 0.15) is 5.75 Å². The van der Waals surface area contributed by atoms with Crippen LogP contribution in [-0.4, -0.2) is 16.2 Å². The number of aromatic hydroxyl groups is 1. The molecule has 0 fully saturated rings. The number of phenols is 1. The van der Waals surface area contributed by atoms with Gasteiger partial charge in [0.25, 0.3) is 0 Å². The van der Waals surface area contributed by atoms with Gasteiger partial charge in [-0.1, -0.05) is 49.2 Å². The molecule has 0 radical (unpaired) electrons. The normalized spacial score (nSPS) is 11.8.